The van der Waals surface area contributed by atoms with Crippen molar-refractivity contribution in [3.63, 3.8) is 0 Å². The summed E-state index contributed by atoms with van der Waals surface area (Å²) in [6.07, 6.45) is 4.07. The molecule has 8 heteroatoms. The molecule has 1 saturated heterocycles. The molecule has 2 heterocycles. The molecular weight excluding hydrogens is 369 g/mol. The Morgan fingerprint density at radius 1 is 1.29 bits per heavy atom. The maximum Gasteiger partial charge on any atom is 0.264 e. The number of thiazole rings is 1. The van der Waals surface area contributed by atoms with Crippen molar-refractivity contribution in [3.05, 3.63) is 39.3 Å². The Balaban J connectivity index is 1.52. The molecule has 0 spiro atoms. The van der Waals surface area contributed by atoms with Crippen molar-refractivity contribution in [1.29, 1.82) is 0 Å². The molecule has 0 radical (unpaired) electrons. The standard InChI is InChI=1S/C16H17Cl2N3O2S/c17-11-5-12(18)7-13(6-11)23-9-15(22)21-16-20-8-14(24-16)10-1-3-19-4-2-10/h5-8,10,19H,1-4,9H2,(H,20,21,22). The van der Waals surface area contributed by atoms with Crippen LogP contribution in [-0.4, -0.2) is 30.6 Å². The number of anilines is 1. The molecule has 0 aliphatic carbocycles. The van der Waals surface area contributed by atoms with Gasteiger partial charge in [0.25, 0.3) is 5.91 Å². The van der Waals surface area contributed by atoms with Gasteiger partial charge in [0.2, 0.25) is 0 Å². The second kappa shape index (κ2) is 8.16. The topological polar surface area (TPSA) is 63.2 Å². The number of carbonyl (C=O) groups is 1. The van der Waals surface area contributed by atoms with Crippen molar-refractivity contribution < 1.29 is 9.53 Å². The molecule has 1 fully saturated rings. The Morgan fingerprint density at radius 2 is 2.00 bits per heavy atom. The molecule has 1 aromatic carbocycles. The van der Waals surface area contributed by atoms with Crippen LogP contribution in [0.5, 0.6) is 5.75 Å². The molecule has 0 saturated carbocycles. The van der Waals surface area contributed by atoms with Gasteiger partial charge in [0, 0.05) is 21.1 Å². The van der Waals surface area contributed by atoms with Crippen LogP contribution in [0.1, 0.15) is 23.6 Å². The maximum absolute atomic E-state index is 12.0. The fourth-order valence-corrected chi connectivity index (χ4v) is 4.06. The quantitative estimate of drug-likeness (QED) is 0.817. The Labute approximate surface area is 154 Å². The monoisotopic (exact) mass is 385 g/mol. The number of halogens is 2. The number of nitrogens with one attached hydrogen (secondary N) is 2. The molecule has 3 rings (SSSR count). The highest BCUT2D eigenvalue weighted by Crippen LogP contribution is 2.31. The molecule has 0 bridgehead atoms. The molecule has 0 atom stereocenters. The minimum absolute atomic E-state index is 0.126. The zero-order valence-corrected chi connectivity index (χ0v) is 15.2. The van der Waals surface area contributed by atoms with E-state index in [1.165, 1.54) is 16.2 Å². The molecule has 1 aromatic heterocycles. The first-order valence-corrected chi connectivity index (χ1v) is 9.22. The lowest BCUT2D eigenvalue weighted by atomic mass is 9.97. The van der Waals surface area contributed by atoms with Crippen molar-refractivity contribution in [2.45, 2.75) is 18.8 Å². The van der Waals surface area contributed by atoms with Gasteiger partial charge in [-0.15, -0.1) is 11.3 Å². The van der Waals surface area contributed by atoms with Crippen molar-refractivity contribution in [3.8, 4) is 5.75 Å². The summed E-state index contributed by atoms with van der Waals surface area (Å²) in [5.74, 6) is 0.716. The SMILES string of the molecule is O=C(COc1cc(Cl)cc(Cl)c1)Nc1ncc(C2CCNCC2)s1. The van der Waals surface area contributed by atoms with E-state index < -0.39 is 0 Å². The summed E-state index contributed by atoms with van der Waals surface area (Å²) in [6.45, 7) is 1.93. The molecule has 128 valence electrons. The number of nitrogens with zero attached hydrogens (tertiary/aromatic N) is 1. The number of ether oxygens (including phenoxy) is 1. The number of amides is 1. The number of piperidine rings is 1. The highest BCUT2D eigenvalue weighted by atomic mass is 35.5. The van der Waals surface area contributed by atoms with Crippen LogP contribution in [0.25, 0.3) is 0 Å². The molecular formula is C16H17Cl2N3O2S. The second-order valence-corrected chi connectivity index (χ2v) is 7.47. The number of hydrogen-bond donors (Lipinski definition) is 2. The van der Waals surface area contributed by atoms with E-state index in [0.29, 0.717) is 26.8 Å². The van der Waals surface area contributed by atoms with Gasteiger partial charge >= 0.3 is 0 Å². The Morgan fingerprint density at radius 3 is 2.71 bits per heavy atom. The van der Waals surface area contributed by atoms with Crippen molar-refractivity contribution in [1.82, 2.24) is 10.3 Å². The predicted octanol–water partition coefficient (Wildman–Crippen LogP) is 3.93. The van der Waals surface area contributed by atoms with E-state index >= 15 is 0 Å². The third-order valence-corrected chi connectivity index (χ3v) is 5.23. The summed E-state index contributed by atoms with van der Waals surface area (Å²) in [5.41, 5.74) is 0. The number of benzene rings is 1. The first-order valence-electron chi connectivity index (χ1n) is 7.65. The van der Waals surface area contributed by atoms with Crippen LogP contribution in [0.4, 0.5) is 5.13 Å². The van der Waals surface area contributed by atoms with E-state index in [-0.39, 0.29) is 12.5 Å². The lowest BCUT2D eigenvalue weighted by molar-refractivity contribution is -0.118. The van der Waals surface area contributed by atoms with Gasteiger partial charge in [0.05, 0.1) is 0 Å². The zero-order valence-electron chi connectivity index (χ0n) is 12.9. The third kappa shape index (κ3) is 4.83. The summed E-state index contributed by atoms with van der Waals surface area (Å²) in [5, 5.41) is 7.63. The molecule has 24 heavy (non-hydrogen) atoms. The molecule has 0 unspecified atom stereocenters. The number of carbonyl (C=O) groups excluding carboxylic acids is 1. The summed E-state index contributed by atoms with van der Waals surface area (Å²) in [4.78, 5) is 17.5. The van der Waals surface area contributed by atoms with Gasteiger partial charge in [0.1, 0.15) is 5.75 Å². The molecule has 5 nitrogen and oxygen atoms in total. The first-order chi connectivity index (χ1) is 11.6. The van der Waals surface area contributed by atoms with Gasteiger partial charge in [-0.3, -0.25) is 10.1 Å². The Kier molecular flexibility index (Phi) is 5.94. The number of hydrogen-bond acceptors (Lipinski definition) is 5. The molecule has 2 aromatic rings. The van der Waals surface area contributed by atoms with Crippen LogP contribution in [0.3, 0.4) is 0 Å². The van der Waals surface area contributed by atoms with E-state index in [9.17, 15) is 4.79 Å². The number of rotatable bonds is 5. The largest absolute Gasteiger partial charge is 0.484 e. The van der Waals surface area contributed by atoms with E-state index in [4.69, 9.17) is 27.9 Å². The number of aromatic nitrogens is 1. The van der Waals surface area contributed by atoms with Gasteiger partial charge in [-0.1, -0.05) is 23.2 Å². The summed E-state index contributed by atoms with van der Waals surface area (Å²) in [7, 11) is 0. The lowest BCUT2D eigenvalue weighted by Crippen LogP contribution is -2.26. The van der Waals surface area contributed by atoms with Gasteiger partial charge in [0.15, 0.2) is 11.7 Å². The molecule has 1 amide bonds. The minimum Gasteiger partial charge on any atom is -0.484 e. The first kappa shape index (κ1) is 17.5. The molecule has 1 aliphatic rings. The van der Waals surface area contributed by atoms with Gasteiger partial charge < -0.3 is 10.1 Å². The van der Waals surface area contributed by atoms with Crippen LogP contribution in [0, 0.1) is 0 Å². The molecule has 2 N–H and O–H groups in total. The molecule has 1 aliphatic heterocycles. The maximum atomic E-state index is 12.0. The van der Waals surface area contributed by atoms with Crippen molar-refractivity contribution in [2.24, 2.45) is 0 Å². The van der Waals surface area contributed by atoms with E-state index in [0.717, 1.165) is 25.9 Å². The summed E-state index contributed by atoms with van der Waals surface area (Å²) < 4.78 is 5.41. The van der Waals surface area contributed by atoms with Crippen molar-refractivity contribution in [2.75, 3.05) is 25.0 Å². The fraction of sp³-hybridized carbons (Fsp3) is 0.375. The summed E-state index contributed by atoms with van der Waals surface area (Å²) in [6, 6.07) is 4.83. The fourth-order valence-electron chi connectivity index (χ4n) is 2.56. The van der Waals surface area contributed by atoms with Crippen LogP contribution in [0.15, 0.2) is 24.4 Å². The highest BCUT2D eigenvalue weighted by Gasteiger charge is 2.18. The van der Waals surface area contributed by atoms with Crippen LogP contribution < -0.4 is 15.4 Å². The van der Waals surface area contributed by atoms with E-state index in [1.807, 2.05) is 6.20 Å². The smallest absolute Gasteiger partial charge is 0.264 e. The van der Waals surface area contributed by atoms with Crippen LogP contribution in [-0.2, 0) is 4.79 Å². The van der Waals surface area contributed by atoms with Gasteiger partial charge in [-0.25, -0.2) is 4.98 Å². The normalized spacial score (nSPS) is 15.2. The zero-order chi connectivity index (χ0) is 16.9. The van der Waals surface area contributed by atoms with Gasteiger partial charge in [-0.2, -0.15) is 0 Å². The van der Waals surface area contributed by atoms with Gasteiger partial charge in [-0.05, 0) is 50.0 Å². The average Bonchev–Trinajstić information content (AvgIpc) is 3.01. The highest BCUT2D eigenvalue weighted by molar-refractivity contribution is 7.15. The van der Waals surface area contributed by atoms with Crippen LogP contribution >= 0.6 is 34.5 Å². The van der Waals surface area contributed by atoms with E-state index in [2.05, 4.69) is 15.6 Å². The third-order valence-electron chi connectivity index (χ3n) is 3.72. The second-order valence-electron chi connectivity index (χ2n) is 5.53. The van der Waals surface area contributed by atoms with Crippen molar-refractivity contribution >= 4 is 45.6 Å². The summed E-state index contributed by atoms with van der Waals surface area (Å²) >= 11 is 13.3. The van der Waals surface area contributed by atoms with E-state index in [1.54, 1.807) is 18.2 Å². The Hall–Kier alpha value is -1.34. The lowest BCUT2D eigenvalue weighted by Gasteiger charge is -2.20. The minimum atomic E-state index is -0.266. The predicted molar refractivity (Wildman–Crippen MR) is 97.5 cm³/mol. The average molecular weight is 386 g/mol. The van der Waals surface area contributed by atoms with Crippen LogP contribution in [0.2, 0.25) is 10.0 Å². The Bertz CT molecular complexity index is 697.